The van der Waals surface area contributed by atoms with E-state index in [0.717, 1.165) is 70.3 Å². The topological polar surface area (TPSA) is 122 Å². The van der Waals surface area contributed by atoms with Crippen molar-refractivity contribution in [2.24, 2.45) is 5.92 Å². The first-order valence-corrected chi connectivity index (χ1v) is 16.1. The van der Waals surface area contributed by atoms with Crippen LogP contribution >= 0.6 is 11.3 Å². The molecule has 1 amide bonds. The molecule has 2 saturated carbocycles. The molecule has 222 valence electrons. The molecule has 2 atom stereocenters. The maximum absolute atomic E-state index is 11.4. The minimum atomic E-state index is 0.0459. The molecule has 42 heavy (non-hydrogen) atoms. The van der Waals surface area contributed by atoms with Crippen molar-refractivity contribution in [1.82, 2.24) is 35.1 Å². The monoisotopic (exact) mass is 587 g/mol. The van der Waals surface area contributed by atoms with Crippen LogP contribution in [0.15, 0.2) is 30.6 Å². The Bertz CT molecular complexity index is 1540. The van der Waals surface area contributed by atoms with Gasteiger partial charge in [-0.1, -0.05) is 31.1 Å². The van der Waals surface area contributed by atoms with Crippen molar-refractivity contribution in [2.75, 3.05) is 10.6 Å². The molecule has 0 aliphatic heterocycles. The molecule has 0 radical (unpaired) electrons. The number of carbonyl (C=O) groups excluding carboxylic acids is 1. The Morgan fingerprint density at radius 3 is 2.60 bits per heavy atom. The zero-order valence-corrected chi connectivity index (χ0v) is 25.7. The minimum Gasteiger partial charge on any atom is -0.382 e. The first-order valence-electron chi connectivity index (χ1n) is 15.3. The molecule has 0 spiro atoms. The van der Waals surface area contributed by atoms with Gasteiger partial charge in [0.05, 0.1) is 28.7 Å². The zero-order valence-electron chi connectivity index (χ0n) is 24.9. The number of pyridine rings is 1. The van der Waals surface area contributed by atoms with Crippen LogP contribution in [-0.4, -0.2) is 53.8 Å². The largest absolute Gasteiger partial charge is 0.382 e. The highest BCUT2D eigenvalue weighted by molar-refractivity contribution is 7.14. The molecule has 10 nitrogen and oxygen atoms in total. The highest BCUT2D eigenvalue weighted by atomic mass is 32.1. The second-order valence-electron chi connectivity index (χ2n) is 12.3. The summed E-state index contributed by atoms with van der Waals surface area (Å²) in [6, 6.07) is 7.08. The van der Waals surface area contributed by atoms with Gasteiger partial charge < -0.3 is 16.0 Å². The number of aromatic nitrogens is 6. The van der Waals surface area contributed by atoms with Crippen LogP contribution in [0.4, 0.5) is 11.6 Å². The number of amides is 1. The van der Waals surface area contributed by atoms with E-state index >= 15 is 0 Å². The summed E-state index contributed by atoms with van der Waals surface area (Å²) in [5, 5.41) is 26.3. The van der Waals surface area contributed by atoms with E-state index in [1.165, 1.54) is 19.3 Å². The standard InChI is InChI=1S/C31H41N9OS/c1-18(2)34-26-15-27(28-14-13-23-16-33-31(39-40(23)28)36-25-8-6-5-7-19(25)3)32-17-24(26)30-38-37-29(42-30)21-9-11-22(12-10-21)35-20(4)41/h13-19,21-22,25H,5-12H2,1-4H3,(H,32,34)(H,35,41)(H,36,39)/t19-,21-,22-,25+/m0/s1. The maximum Gasteiger partial charge on any atom is 0.241 e. The number of nitrogens with zero attached hydrogens (tertiary/aromatic N) is 6. The van der Waals surface area contributed by atoms with Crippen LogP contribution in [0.25, 0.3) is 27.5 Å². The van der Waals surface area contributed by atoms with Gasteiger partial charge in [0.2, 0.25) is 11.9 Å². The van der Waals surface area contributed by atoms with Gasteiger partial charge in [0.25, 0.3) is 0 Å². The molecular formula is C31H41N9OS. The summed E-state index contributed by atoms with van der Waals surface area (Å²) in [6.07, 6.45) is 12.7. The smallest absolute Gasteiger partial charge is 0.241 e. The number of fused-ring (bicyclic) bond motifs is 1. The van der Waals surface area contributed by atoms with Gasteiger partial charge in [0.1, 0.15) is 5.01 Å². The first kappa shape index (κ1) is 28.5. The van der Waals surface area contributed by atoms with E-state index in [1.807, 2.05) is 23.0 Å². The lowest BCUT2D eigenvalue weighted by Gasteiger charge is -2.29. The highest BCUT2D eigenvalue weighted by Crippen LogP contribution is 2.39. The van der Waals surface area contributed by atoms with Crippen molar-refractivity contribution in [3.8, 4) is 22.0 Å². The van der Waals surface area contributed by atoms with E-state index in [1.54, 1.807) is 18.3 Å². The lowest BCUT2D eigenvalue weighted by Crippen LogP contribution is -2.35. The van der Waals surface area contributed by atoms with E-state index in [9.17, 15) is 4.79 Å². The average molecular weight is 588 g/mol. The molecule has 0 aromatic carbocycles. The molecule has 2 fully saturated rings. The fraction of sp³-hybridized carbons (Fsp3) is 0.548. The normalized spacial score (nSPS) is 22.8. The molecule has 6 rings (SSSR count). The van der Waals surface area contributed by atoms with Crippen LogP contribution in [0.2, 0.25) is 0 Å². The fourth-order valence-electron chi connectivity index (χ4n) is 6.34. The Morgan fingerprint density at radius 1 is 1.02 bits per heavy atom. The number of nitrogens with one attached hydrogen (secondary N) is 3. The summed E-state index contributed by atoms with van der Waals surface area (Å²) in [6.45, 7) is 8.16. The molecule has 2 aliphatic carbocycles. The molecule has 0 bridgehead atoms. The second kappa shape index (κ2) is 12.3. The third kappa shape index (κ3) is 6.25. The second-order valence-corrected chi connectivity index (χ2v) is 13.3. The minimum absolute atomic E-state index is 0.0459. The molecule has 4 heterocycles. The van der Waals surface area contributed by atoms with Crippen molar-refractivity contribution in [3.63, 3.8) is 0 Å². The molecule has 3 N–H and O–H groups in total. The van der Waals surface area contributed by atoms with Gasteiger partial charge in [-0.15, -0.1) is 15.3 Å². The summed E-state index contributed by atoms with van der Waals surface area (Å²) in [7, 11) is 0. The lowest BCUT2D eigenvalue weighted by atomic mass is 9.86. The first-order chi connectivity index (χ1) is 20.3. The van der Waals surface area contributed by atoms with E-state index in [2.05, 4.69) is 64.0 Å². The van der Waals surface area contributed by atoms with Gasteiger partial charge in [0, 0.05) is 42.9 Å². The van der Waals surface area contributed by atoms with Crippen molar-refractivity contribution < 1.29 is 4.79 Å². The molecule has 0 unspecified atom stereocenters. The Labute approximate surface area is 251 Å². The highest BCUT2D eigenvalue weighted by Gasteiger charge is 2.27. The third-order valence-corrected chi connectivity index (χ3v) is 9.71. The molecular weight excluding hydrogens is 546 g/mol. The quantitative estimate of drug-likeness (QED) is 0.220. The van der Waals surface area contributed by atoms with Crippen molar-refractivity contribution in [2.45, 2.75) is 103 Å². The van der Waals surface area contributed by atoms with E-state index in [4.69, 9.17) is 10.1 Å². The van der Waals surface area contributed by atoms with Crippen LogP contribution < -0.4 is 16.0 Å². The van der Waals surface area contributed by atoms with Crippen LogP contribution in [0.1, 0.15) is 90.0 Å². The van der Waals surface area contributed by atoms with Crippen molar-refractivity contribution in [1.29, 1.82) is 0 Å². The van der Waals surface area contributed by atoms with E-state index in [0.29, 0.717) is 23.8 Å². The van der Waals surface area contributed by atoms with Crippen LogP contribution in [0, 0.1) is 5.92 Å². The third-order valence-electron chi connectivity index (χ3n) is 8.59. The Morgan fingerprint density at radius 2 is 1.83 bits per heavy atom. The number of anilines is 2. The van der Waals surface area contributed by atoms with Crippen LogP contribution in [-0.2, 0) is 4.79 Å². The summed E-state index contributed by atoms with van der Waals surface area (Å²) in [5.74, 6) is 1.69. The predicted molar refractivity (Wildman–Crippen MR) is 168 cm³/mol. The van der Waals surface area contributed by atoms with Crippen LogP contribution in [0.5, 0.6) is 0 Å². The summed E-state index contributed by atoms with van der Waals surface area (Å²) in [5.41, 5.74) is 4.61. The predicted octanol–water partition coefficient (Wildman–Crippen LogP) is 6.28. The van der Waals surface area contributed by atoms with Crippen molar-refractivity contribution in [3.05, 3.63) is 35.6 Å². The zero-order chi connectivity index (χ0) is 29.2. The number of rotatable bonds is 8. The SMILES string of the molecule is CC(=O)N[C@H]1CC[C@H](c2nnc(-c3cnc(-c4ccc5cnc(N[C@@H]6CCCC[C@@H]6C)nn45)cc3NC(C)C)s2)CC1. The van der Waals surface area contributed by atoms with E-state index in [-0.39, 0.29) is 18.0 Å². The Balaban J connectivity index is 1.25. The van der Waals surface area contributed by atoms with Gasteiger partial charge in [-0.25, -0.2) is 9.50 Å². The van der Waals surface area contributed by atoms with Gasteiger partial charge >= 0.3 is 0 Å². The Kier molecular flexibility index (Phi) is 8.37. The molecule has 0 saturated heterocycles. The van der Waals surface area contributed by atoms with Gasteiger partial charge in [-0.05, 0) is 76.5 Å². The fourth-order valence-corrected chi connectivity index (χ4v) is 7.37. The molecule has 11 heteroatoms. The summed E-state index contributed by atoms with van der Waals surface area (Å²) < 4.78 is 1.93. The van der Waals surface area contributed by atoms with E-state index < -0.39 is 0 Å². The number of carbonyl (C=O) groups is 1. The van der Waals surface area contributed by atoms with Gasteiger partial charge in [-0.3, -0.25) is 9.78 Å². The summed E-state index contributed by atoms with van der Waals surface area (Å²) >= 11 is 1.65. The van der Waals surface area contributed by atoms with Crippen molar-refractivity contribution >= 4 is 34.4 Å². The van der Waals surface area contributed by atoms with Gasteiger partial charge in [-0.2, -0.15) is 0 Å². The number of hydrogen-bond donors (Lipinski definition) is 3. The number of hydrogen-bond acceptors (Lipinski definition) is 9. The molecule has 4 aromatic heterocycles. The molecule has 4 aromatic rings. The van der Waals surface area contributed by atoms with Gasteiger partial charge in [0.15, 0.2) is 5.01 Å². The Hall–Kier alpha value is -3.60. The lowest BCUT2D eigenvalue weighted by molar-refractivity contribution is -0.119. The summed E-state index contributed by atoms with van der Waals surface area (Å²) in [4.78, 5) is 20.9. The maximum atomic E-state index is 11.4. The molecule has 2 aliphatic rings. The van der Waals surface area contributed by atoms with Crippen LogP contribution in [0.3, 0.4) is 0 Å². The average Bonchev–Trinajstić information content (AvgIpc) is 3.62.